The van der Waals surface area contributed by atoms with Gasteiger partial charge in [0.15, 0.2) is 5.96 Å². The Bertz CT molecular complexity index is 693. The number of guanidine groups is 1. The molecule has 1 fully saturated rings. The average Bonchev–Trinajstić information content (AvgIpc) is 2.59. The standard InChI is InChI=1S/C19H29ClFN5O.HI/c1-19(2,15-5-4-13(21)10-16(15)20)12-24-18(23-3)25-14-6-8-26(9-7-14)11-17(22)27;/h4-5,10,14H,6-9,11-12H2,1-3H3,(H2,22,27)(H2,23,24,25);1H. The van der Waals surface area contributed by atoms with Crippen LogP contribution in [0.15, 0.2) is 23.2 Å². The van der Waals surface area contributed by atoms with Gasteiger partial charge in [0.1, 0.15) is 5.82 Å². The Morgan fingerprint density at radius 1 is 1.39 bits per heavy atom. The van der Waals surface area contributed by atoms with E-state index in [1.165, 1.54) is 12.1 Å². The molecule has 0 atom stereocenters. The molecule has 1 aromatic carbocycles. The second-order valence-corrected chi connectivity index (χ2v) is 8.00. The molecular formula is C19H30ClFIN5O. The first-order chi connectivity index (χ1) is 12.7. The molecule has 0 unspecified atom stereocenters. The number of aliphatic imine (C=N–C) groups is 1. The molecule has 1 amide bonds. The minimum Gasteiger partial charge on any atom is -0.369 e. The van der Waals surface area contributed by atoms with Crippen molar-refractivity contribution < 1.29 is 9.18 Å². The number of carbonyl (C=O) groups is 1. The minimum atomic E-state index is -0.340. The zero-order chi connectivity index (χ0) is 20.0. The van der Waals surface area contributed by atoms with Crippen molar-refractivity contribution in [2.75, 3.05) is 33.2 Å². The largest absolute Gasteiger partial charge is 0.369 e. The molecule has 2 rings (SSSR count). The Morgan fingerprint density at radius 3 is 2.57 bits per heavy atom. The topological polar surface area (TPSA) is 82.8 Å². The number of likely N-dealkylation sites (tertiary alicyclic amines) is 1. The number of nitrogens with two attached hydrogens (primary N) is 1. The lowest BCUT2D eigenvalue weighted by molar-refractivity contribution is -0.119. The summed E-state index contributed by atoms with van der Waals surface area (Å²) in [4.78, 5) is 17.4. The monoisotopic (exact) mass is 525 g/mol. The number of halogens is 3. The molecule has 4 N–H and O–H groups in total. The van der Waals surface area contributed by atoms with Crippen LogP contribution >= 0.6 is 35.6 Å². The van der Waals surface area contributed by atoms with Crippen molar-refractivity contribution >= 4 is 47.4 Å². The van der Waals surface area contributed by atoms with Crippen molar-refractivity contribution in [1.29, 1.82) is 0 Å². The number of piperidine rings is 1. The summed E-state index contributed by atoms with van der Waals surface area (Å²) in [6, 6.07) is 4.78. The zero-order valence-corrected chi connectivity index (χ0v) is 19.7. The van der Waals surface area contributed by atoms with E-state index in [0.29, 0.717) is 18.1 Å². The summed E-state index contributed by atoms with van der Waals surface area (Å²) in [6.07, 6.45) is 1.84. The van der Waals surface area contributed by atoms with E-state index in [0.717, 1.165) is 37.5 Å². The lowest BCUT2D eigenvalue weighted by atomic mass is 9.84. The lowest BCUT2D eigenvalue weighted by Crippen LogP contribution is -2.51. The third kappa shape index (κ3) is 7.36. The van der Waals surface area contributed by atoms with Gasteiger partial charge in [-0.2, -0.15) is 0 Å². The van der Waals surface area contributed by atoms with Crippen LogP contribution in [0, 0.1) is 5.82 Å². The molecule has 158 valence electrons. The zero-order valence-electron chi connectivity index (χ0n) is 16.6. The first-order valence-corrected chi connectivity index (χ1v) is 9.52. The van der Waals surface area contributed by atoms with Gasteiger partial charge in [0.25, 0.3) is 0 Å². The molecule has 0 saturated carbocycles. The van der Waals surface area contributed by atoms with Gasteiger partial charge in [0.05, 0.1) is 6.54 Å². The summed E-state index contributed by atoms with van der Waals surface area (Å²) in [7, 11) is 1.73. The molecule has 9 heteroatoms. The molecule has 0 aliphatic carbocycles. The molecule has 0 aromatic heterocycles. The number of hydrogen-bond acceptors (Lipinski definition) is 3. The quantitative estimate of drug-likeness (QED) is 0.303. The van der Waals surface area contributed by atoms with Gasteiger partial charge in [-0.15, -0.1) is 24.0 Å². The van der Waals surface area contributed by atoms with Crippen LogP contribution in [-0.2, 0) is 10.2 Å². The summed E-state index contributed by atoms with van der Waals surface area (Å²) in [5.41, 5.74) is 5.84. The summed E-state index contributed by atoms with van der Waals surface area (Å²) in [6.45, 7) is 6.66. The lowest BCUT2D eigenvalue weighted by Gasteiger charge is -2.33. The molecule has 0 bridgehead atoms. The number of rotatable bonds is 6. The smallest absolute Gasteiger partial charge is 0.231 e. The Balaban J connectivity index is 0.00000392. The fraction of sp³-hybridized carbons (Fsp3) is 0.579. The van der Waals surface area contributed by atoms with E-state index >= 15 is 0 Å². The third-order valence-corrected chi connectivity index (χ3v) is 5.20. The number of carbonyl (C=O) groups excluding carboxylic acids is 1. The SMILES string of the molecule is CN=C(NCC(C)(C)c1ccc(F)cc1Cl)NC1CCN(CC(N)=O)CC1.I. The fourth-order valence-corrected chi connectivity index (χ4v) is 3.71. The van der Waals surface area contributed by atoms with E-state index in [4.69, 9.17) is 17.3 Å². The summed E-state index contributed by atoms with van der Waals surface area (Å²) >= 11 is 6.22. The second-order valence-electron chi connectivity index (χ2n) is 7.59. The van der Waals surface area contributed by atoms with Gasteiger partial charge in [-0.1, -0.05) is 31.5 Å². The van der Waals surface area contributed by atoms with Crippen LogP contribution in [0.1, 0.15) is 32.3 Å². The number of nitrogens with one attached hydrogen (secondary N) is 2. The average molecular weight is 526 g/mol. The van der Waals surface area contributed by atoms with Crippen molar-refractivity contribution in [2.45, 2.75) is 38.1 Å². The van der Waals surface area contributed by atoms with Gasteiger partial charge in [-0.05, 0) is 30.5 Å². The molecule has 1 saturated heterocycles. The molecule has 1 heterocycles. The minimum absolute atomic E-state index is 0. The van der Waals surface area contributed by atoms with E-state index < -0.39 is 0 Å². The van der Waals surface area contributed by atoms with Gasteiger partial charge in [0.2, 0.25) is 5.91 Å². The van der Waals surface area contributed by atoms with Crippen LogP contribution in [0.4, 0.5) is 4.39 Å². The maximum Gasteiger partial charge on any atom is 0.231 e. The van der Waals surface area contributed by atoms with Crippen molar-refractivity contribution in [3.63, 3.8) is 0 Å². The van der Waals surface area contributed by atoms with Crippen molar-refractivity contribution in [2.24, 2.45) is 10.7 Å². The van der Waals surface area contributed by atoms with Crippen molar-refractivity contribution in [3.05, 3.63) is 34.6 Å². The van der Waals surface area contributed by atoms with Gasteiger partial charge >= 0.3 is 0 Å². The van der Waals surface area contributed by atoms with Crippen LogP contribution < -0.4 is 16.4 Å². The number of amides is 1. The van der Waals surface area contributed by atoms with Crippen LogP contribution in [0.25, 0.3) is 0 Å². The first kappa shape index (κ1) is 24.9. The maximum absolute atomic E-state index is 13.3. The van der Waals surface area contributed by atoms with Crippen LogP contribution in [0.5, 0.6) is 0 Å². The highest BCUT2D eigenvalue weighted by Gasteiger charge is 2.25. The predicted molar refractivity (Wildman–Crippen MR) is 123 cm³/mol. The number of primary amides is 1. The molecule has 1 aliphatic heterocycles. The Kier molecular flexibility index (Phi) is 9.92. The van der Waals surface area contributed by atoms with Gasteiger partial charge in [-0.25, -0.2) is 4.39 Å². The van der Waals surface area contributed by atoms with Crippen molar-refractivity contribution in [1.82, 2.24) is 15.5 Å². The Hall–Kier alpha value is -1.13. The number of nitrogens with zero attached hydrogens (tertiary/aromatic N) is 2. The van der Waals surface area contributed by atoms with E-state index in [2.05, 4.69) is 34.4 Å². The molecule has 0 spiro atoms. The van der Waals surface area contributed by atoms with E-state index in [1.54, 1.807) is 13.1 Å². The van der Waals surface area contributed by atoms with Gasteiger partial charge in [0, 0.05) is 43.2 Å². The summed E-state index contributed by atoms with van der Waals surface area (Å²) < 4.78 is 13.3. The first-order valence-electron chi connectivity index (χ1n) is 9.14. The van der Waals surface area contributed by atoms with Gasteiger partial charge < -0.3 is 16.4 Å². The second kappa shape index (κ2) is 11.2. The van der Waals surface area contributed by atoms with Crippen LogP contribution in [0.2, 0.25) is 5.02 Å². The molecule has 1 aromatic rings. The maximum atomic E-state index is 13.3. The molecular weight excluding hydrogens is 496 g/mol. The highest BCUT2D eigenvalue weighted by atomic mass is 127. The molecule has 6 nitrogen and oxygen atoms in total. The van der Waals surface area contributed by atoms with E-state index in [9.17, 15) is 9.18 Å². The summed E-state index contributed by atoms with van der Waals surface area (Å²) in [5.74, 6) is 0.0860. The third-order valence-electron chi connectivity index (χ3n) is 4.89. The Labute approximate surface area is 188 Å². The summed E-state index contributed by atoms with van der Waals surface area (Å²) in [5, 5.41) is 7.19. The molecule has 0 radical (unpaired) electrons. The predicted octanol–water partition coefficient (Wildman–Crippen LogP) is 2.49. The fourth-order valence-electron chi connectivity index (χ4n) is 3.28. The highest BCUT2D eigenvalue weighted by Crippen LogP contribution is 2.29. The molecule has 1 aliphatic rings. The Morgan fingerprint density at radius 2 is 2.04 bits per heavy atom. The normalized spacial score (nSPS) is 16.4. The highest BCUT2D eigenvalue weighted by molar-refractivity contribution is 14.0. The van der Waals surface area contributed by atoms with E-state index in [-0.39, 0.29) is 47.2 Å². The number of hydrogen-bond donors (Lipinski definition) is 3. The van der Waals surface area contributed by atoms with Crippen LogP contribution in [0.3, 0.4) is 0 Å². The van der Waals surface area contributed by atoms with Gasteiger partial charge in [-0.3, -0.25) is 14.7 Å². The van der Waals surface area contributed by atoms with Crippen LogP contribution in [-0.4, -0.2) is 56.0 Å². The molecule has 28 heavy (non-hydrogen) atoms. The van der Waals surface area contributed by atoms with E-state index in [1.807, 2.05) is 0 Å². The number of benzene rings is 1. The van der Waals surface area contributed by atoms with Crippen molar-refractivity contribution in [3.8, 4) is 0 Å².